The maximum atomic E-state index is 13.4. The standard InChI is InChI=1S/C28H28Cl2FN3O3/c1-18(2)15-28(36)34-13-11-33(12-14-34)25-8-4-20(17-23(25)30)32-27(35)10-6-21-5-9-26(37-21)19-3-7-24(31)22(29)16-19/h3-10,16-18H,11-15H2,1-2H3,(H,32,35)/b10-6+. The molecule has 4 rings (SSSR count). The van der Waals surface area contributed by atoms with E-state index in [0.29, 0.717) is 66.3 Å². The summed E-state index contributed by atoms with van der Waals surface area (Å²) in [6, 6.07) is 13.1. The lowest BCUT2D eigenvalue weighted by Crippen LogP contribution is -2.49. The van der Waals surface area contributed by atoms with Gasteiger partial charge in [0.15, 0.2) is 0 Å². The summed E-state index contributed by atoms with van der Waals surface area (Å²) in [5, 5.41) is 3.33. The van der Waals surface area contributed by atoms with E-state index in [9.17, 15) is 14.0 Å². The normalized spacial score (nSPS) is 14.0. The predicted octanol–water partition coefficient (Wildman–Crippen LogP) is 6.74. The maximum Gasteiger partial charge on any atom is 0.248 e. The van der Waals surface area contributed by atoms with Crippen molar-refractivity contribution in [3.63, 3.8) is 0 Å². The van der Waals surface area contributed by atoms with E-state index in [-0.39, 0.29) is 16.8 Å². The molecular formula is C28H28Cl2FN3O3. The summed E-state index contributed by atoms with van der Waals surface area (Å²) in [5.74, 6) is 0.661. The van der Waals surface area contributed by atoms with E-state index in [2.05, 4.69) is 10.2 Å². The average Bonchev–Trinajstić information content (AvgIpc) is 3.33. The van der Waals surface area contributed by atoms with E-state index in [1.165, 1.54) is 18.2 Å². The summed E-state index contributed by atoms with van der Waals surface area (Å²) in [6.07, 6.45) is 3.46. The van der Waals surface area contributed by atoms with Crippen molar-refractivity contribution in [2.45, 2.75) is 20.3 Å². The molecule has 37 heavy (non-hydrogen) atoms. The molecule has 1 aromatic heterocycles. The summed E-state index contributed by atoms with van der Waals surface area (Å²) in [7, 11) is 0. The quantitative estimate of drug-likeness (QED) is 0.335. The Hall–Kier alpha value is -3.29. The number of benzene rings is 2. The fraction of sp³-hybridized carbons (Fsp3) is 0.286. The molecule has 1 aliphatic rings. The fourth-order valence-corrected chi connectivity index (χ4v) is 4.59. The van der Waals surface area contributed by atoms with Crippen LogP contribution < -0.4 is 10.2 Å². The summed E-state index contributed by atoms with van der Waals surface area (Å²) in [5.41, 5.74) is 2.07. The predicted molar refractivity (Wildman–Crippen MR) is 146 cm³/mol. The van der Waals surface area contributed by atoms with Gasteiger partial charge in [0.1, 0.15) is 17.3 Å². The van der Waals surface area contributed by atoms with Crippen LogP contribution in [0.2, 0.25) is 10.0 Å². The summed E-state index contributed by atoms with van der Waals surface area (Å²) < 4.78 is 19.1. The Morgan fingerprint density at radius 1 is 1.03 bits per heavy atom. The number of carbonyl (C=O) groups is 2. The molecule has 0 spiro atoms. The van der Waals surface area contributed by atoms with Crippen LogP contribution in [0.5, 0.6) is 0 Å². The van der Waals surface area contributed by atoms with Gasteiger partial charge in [0, 0.05) is 49.9 Å². The number of carbonyl (C=O) groups excluding carboxylic acids is 2. The number of anilines is 2. The zero-order valence-electron chi connectivity index (χ0n) is 20.6. The van der Waals surface area contributed by atoms with Gasteiger partial charge in [-0.2, -0.15) is 0 Å². The molecule has 0 atom stereocenters. The number of piperazine rings is 1. The molecule has 0 bridgehead atoms. The van der Waals surface area contributed by atoms with Crippen molar-refractivity contribution in [2.24, 2.45) is 5.92 Å². The van der Waals surface area contributed by atoms with Crippen LogP contribution in [0.1, 0.15) is 26.0 Å². The van der Waals surface area contributed by atoms with Gasteiger partial charge in [-0.3, -0.25) is 9.59 Å². The van der Waals surface area contributed by atoms with E-state index >= 15 is 0 Å². The van der Waals surface area contributed by atoms with E-state index in [1.807, 2.05) is 24.8 Å². The van der Waals surface area contributed by atoms with Crippen molar-refractivity contribution >= 4 is 52.5 Å². The lowest BCUT2D eigenvalue weighted by atomic mass is 10.1. The minimum atomic E-state index is -0.502. The monoisotopic (exact) mass is 543 g/mol. The third-order valence-corrected chi connectivity index (χ3v) is 6.59. The first-order chi connectivity index (χ1) is 17.7. The van der Waals surface area contributed by atoms with E-state index in [0.717, 1.165) is 5.69 Å². The summed E-state index contributed by atoms with van der Waals surface area (Å²) >= 11 is 12.4. The van der Waals surface area contributed by atoms with Gasteiger partial charge in [0.05, 0.1) is 15.7 Å². The molecule has 2 amide bonds. The van der Waals surface area contributed by atoms with Crippen LogP contribution in [0.3, 0.4) is 0 Å². The van der Waals surface area contributed by atoms with Gasteiger partial charge < -0.3 is 19.5 Å². The first-order valence-corrected chi connectivity index (χ1v) is 12.8. The maximum absolute atomic E-state index is 13.4. The molecule has 1 saturated heterocycles. The topological polar surface area (TPSA) is 65.8 Å². The second kappa shape index (κ2) is 11.8. The SMILES string of the molecule is CC(C)CC(=O)N1CCN(c2ccc(NC(=O)/C=C/c3ccc(-c4ccc(F)c(Cl)c4)o3)cc2Cl)CC1. The van der Waals surface area contributed by atoms with Gasteiger partial charge in [0.2, 0.25) is 11.8 Å². The number of halogens is 3. The molecule has 1 aliphatic heterocycles. The first-order valence-electron chi connectivity index (χ1n) is 12.1. The zero-order chi connectivity index (χ0) is 26.5. The van der Waals surface area contributed by atoms with Gasteiger partial charge in [-0.1, -0.05) is 37.0 Å². The number of hydrogen-bond acceptors (Lipinski definition) is 4. The van der Waals surface area contributed by atoms with Gasteiger partial charge >= 0.3 is 0 Å². The fourth-order valence-electron chi connectivity index (χ4n) is 4.10. The summed E-state index contributed by atoms with van der Waals surface area (Å²) in [4.78, 5) is 28.8. The number of nitrogens with one attached hydrogen (secondary N) is 1. The third kappa shape index (κ3) is 6.93. The molecule has 194 valence electrons. The van der Waals surface area contributed by atoms with Crippen LogP contribution in [0.4, 0.5) is 15.8 Å². The van der Waals surface area contributed by atoms with Crippen LogP contribution in [0, 0.1) is 11.7 Å². The lowest BCUT2D eigenvalue weighted by molar-refractivity contribution is -0.132. The van der Waals surface area contributed by atoms with Gasteiger partial charge in [-0.05, 0) is 60.5 Å². The Bertz CT molecular complexity index is 1310. The number of nitrogens with zero attached hydrogens (tertiary/aromatic N) is 2. The highest BCUT2D eigenvalue weighted by atomic mass is 35.5. The Balaban J connectivity index is 1.32. The molecule has 2 heterocycles. The Labute approximate surface area is 225 Å². The molecular weight excluding hydrogens is 516 g/mol. The van der Waals surface area contributed by atoms with Gasteiger partial charge in [-0.15, -0.1) is 0 Å². The smallest absolute Gasteiger partial charge is 0.248 e. The minimum Gasteiger partial charge on any atom is -0.457 e. The van der Waals surface area contributed by atoms with Crippen molar-refractivity contribution in [1.82, 2.24) is 4.90 Å². The van der Waals surface area contributed by atoms with Crippen molar-refractivity contribution < 1.29 is 18.4 Å². The van der Waals surface area contributed by atoms with Crippen molar-refractivity contribution in [3.8, 4) is 11.3 Å². The third-order valence-electron chi connectivity index (χ3n) is 6.00. The molecule has 0 saturated carbocycles. The van der Waals surface area contributed by atoms with E-state index in [1.54, 1.807) is 36.4 Å². The number of amides is 2. The van der Waals surface area contributed by atoms with Crippen LogP contribution in [0.25, 0.3) is 17.4 Å². The molecule has 0 radical (unpaired) electrons. The second-order valence-corrected chi connectivity index (χ2v) is 10.1. The second-order valence-electron chi connectivity index (χ2n) is 9.29. The van der Waals surface area contributed by atoms with E-state index < -0.39 is 5.82 Å². The summed E-state index contributed by atoms with van der Waals surface area (Å²) in [6.45, 7) is 6.81. The van der Waals surface area contributed by atoms with Gasteiger partial charge in [-0.25, -0.2) is 4.39 Å². The Kier molecular flexibility index (Phi) is 8.56. The Morgan fingerprint density at radius 2 is 1.78 bits per heavy atom. The molecule has 2 aromatic carbocycles. The number of hydrogen-bond donors (Lipinski definition) is 1. The highest BCUT2D eigenvalue weighted by molar-refractivity contribution is 6.33. The lowest BCUT2D eigenvalue weighted by Gasteiger charge is -2.36. The number of furan rings is 1. The molecule has 0 aliphatic carbocycles. The molecule has 6 nitrogen and oxygen atoms in total. The first kappa shape index (κ1) is 26.8. The highest BCUT2D eigenvalue weighted by Gasteiger charge is 2.23. The van der Waals surface area contributed by atoms with Crippen LogP contribution >= 0.6 is 23.2 Å². The van der Waals surface area contributed by atoms with E-state index in [4.69, 9.17) is 27.6 Å². The Morgan fingerprint density at radius 3 is 2.46 bits per heavy atom. The van der Waals surface area contributed by atoms with Crippen LogP contribution in [0.15, 0.2) is 59.0 Å². The van der Waals surface area contributed by atoms with Crippen LogP contribution in [-0.4, -0.2) is 42.9 Å². The van der Waals surface area contributed by atoms with Crippen molar-refractivity contribution in [3.05, 3.63) is 76.2 Å². The number of rotatable bonds is 7. The molecule has 0 unspecified atom stereocenters. The van der Waals surface area contributed by atoms with Gasteiger partial charge in [0.25, 0.3) is 0 Å². The van der Waals surface area contributed by atoms with Crippen molar-refractivity contribution in [1.29, 1.82) is 0 Å². The van der Waals surface area contributed by atoms with Crippen molar-refractivity contribution in [2.75, 3.05) is 36.4 Å². The molecule has 3 aromatic rings. The largest absolute Gasteiger partial charge is 0.457 e. The average molecular weight is 544 g/mol. The van der Waals surface area contributed by atoms with Crippen LogP contribution in [-0.2, 0) is 9.59 Å². The molecule has 1 fully saturated rings. The highest BCUT2D eigenvalue weighted by Crippen LogP contribution is 2.30. The molecule has 1 N–H and O–H groups in total. The molecule has 9 heteroatoms. The zero-order valence-corrected chi connectivity index (χ0v) is 22.2. The minimum absolute atomic E-state index is 0.00838.